The Morgan fingerprint density at radius 3 is 2.38 bits per heavy atom. The fourth-order valence-electron chi connectivity index (χ4n) is 2.33. The Morgan fingerprint density at radius 2 is 1.77 bits per heavy atom. The Hall–Kier alpha value is -0.0800. The van der Waals surface area contributed by atoms with Crippen molar-refractivity contribution in [2.24, 2.45) is 5.92 Å². The maximum Gasteiger partial charge on any atom is 0.168 e. The summed E-state index contributed by atoms with van der Waals surface area (Å²) < 4.78 is 11.7. The van der Waals surface area contributed by atoms with Crippen LogP contribution in [0.15, 0.2) is 0 Å². The van der Waals surface area contributed by atoms with Crippen LogP contribution in [0.1, 0.15) is 46.0 Å². The molecule has 1 atom stereocenters. The van der Waals surface area contributed by atoms with E-state index in [1.807, 2.05) is 0 Å². The molecule has 1 heterocycles. The third-order valence-corrected chi connectivity index (χ3v) is 3.34. The van der Waals surface area contributed by atoms with Gasteiger partial charge < -0.3 is 9.47 Å². The van der Waals surface area contributed by atoms with Gasteiger partial charge in [-0.15, -0.1) is 0 Å². The van der Waals surface area contributed by atoms with E-state index < -0.39 is 0 Å². The molecule has 1 saturated heterocycles. The molecule has 1 spiro atoms. The molecular formula is C11H20O2. The third kappa shape index (κ3) is 2.05. The van der Waals surface area contributed by atoms with E-state index in [-0.39, 0.29) is 5.79 Å². The summed E-state index contributed by atoms with van der Waals surface area (Å²) in [6, 6.07) is 0. The zero-order valence-corrected chi connectivity index (χ0v) is 8.71. The molecule has 0 aromatic heterocycles. The summed E-state index contributed by atoms with van der Waals surface area (Å²) in [6.07, 6.45) is 6.15. The van der Waals surface area contributed by atoms with Gasteiger partial charge in [-0.2, -0.15) is 0 Å². The molecular weight excluding hydrogens is 164 g/mol. The average molecular weight is 184 g/mol. The summed E-state index contributed by atoms with van der Waals surface area (Å²) in [5.74, 6) is 0.666. The van der Waals surface area contributed by atoms with Crippen molar-refractivity contribution in [2.45, 2.75) is 57.8 Å². The summed E-state index contributed by atoms with van der Waals surface area (Å²) >= 11 is 0. The van der Waals surface area contributed by atoms with Gasteiger partial charge >= 0.3 is 0 Å². The standard InChI is InChI=1S/C11H20O2/c1-9-3-6-11(7-4-9)12-8-5-10(2)13-11/h9-10H,3-8H2,1-2H3/t9?,10-,11?/m0/s1. The molecule has 0 amide bonds. The lowest BCUT2D eigenvalue weighted by Crippen LogP contribution is -2.46. The summed E-state index contributed by atoms with van der Waals surface area (Å²) in [6.45, 7) is 5.36. The zero-order valence-electron chi connectivity index (χ0n) is 8.71. The van der Waals surface area contributed by atoms with Crippen molar-refractivity contribution in [3.63, 3.8) is 0 Å². The van der Waals surface area contributed by atoms with Gasteiger partial charge in [0, 0.05) is 12.8 Å². The minimum atomic E-state index is -0.190. The highest BCUT2D eigenvalue weighted by Crippen LogP contribution is 2.38. The summed E-state index contributed by atoms with van der Waals surface area (Å²) in [5, 5.41) is 0. The molecule has 2 fully saturated rings. The minimum absolute atomic E-state index is 0.190. The van der Waals surface area contributed by atoms with Gasteiger partial charge in [0.2, 0.25) is 0 Å². The van der Waals surface area contributed by atoms with Crippen LogP contribution >= 0.6 is 0 Å². The van der Waals surface area contributed by atoms with Gasteiger partial charge in [0.05, 0.1) is 12.7 Å². The van der Waals surface area contributed by atoms with Crippen LogP contribution in [-0.2, 0) is 9.47 Å². The van der Waals surface area contributed by atoms with Crippen LogP contribution in [-0.4, -0.2) is 18.5 Å². The predicted octanol–water partition coefficient (Wildman–Crippen LogP) is 2.72. The first-order chi connectivity index (χ1) is 6.20. The summed E-state index contributed by atoms with van der Waals surface area (Å²) in [4.78, 5) is 0. The molecule has 2 heteroatoms. The second kappa shape index (κ2) is 3.58. The lowest BCUT2D eigenvalue weighted by atomic mass is 9.86. The monoisotopic (exact) mass is 184 g/mol. The smallest absolute Gasteiger partial charge is 0.168 e. The first-order valence-corrected chi connectivity index (χ1v) is 5.52. The van der Waals surface area contributed by atoms with E-state index in [0.29, 0.717) is 6.10 Å². The van der Waals surface area contributed by atoms with Crippen LogP contribution in [0.4, 0.5) is 0 Å². The largest absolute Gasteiger partial charge is 0.350 e. The molecule has 0 N–H and O–H groups in total. The number of rotatable bonds is 0. The molecule has 0 aromatic carbocycles. The highest BCUT2D eigenvalue weighted by Gasteiger charge is 2.39. The minimum Gasteiger partial charge on any atom is -0.350 e. The molecule has 2 aliphatic rings. The predicted molar refractivity (Wildman–Crippen MR) is 51.5 cm³/mol. The van der Waals surface area contributed by atoms with Gasteiger partial charge in [-0.1, -0.05) is 6.92 Å². The molecule has 1 aliphatic carbocycles. The highest BCUT2D eigenvalue weighted by molar-refractivity contribution is 4.81. The number of hydrogen-bond donors (Lipinski definition) is 0. The van der Waals surface area contributed by atoms with Gasteiger partial charge in [-0.3, -0.25) is 0 Å². The second-order valence-corrected chi connectivity index (χ2v) is 4.66. The van der Waals surface area contributed by atoms with Crippen LogP contribution in [0.25, 0.3) is 0 Å². The lowest BCUT2D eigenvalue weighted by Gasteiger charge is -2.43. The molecule has 1 saturated carbocycles. The van der Waals surface area contributed by atoms with Crippen molar-refractivity contribution in [1.82, 2.24) is 0 Å². The quantitative estimate of drug-likeness (QED) is 0.576. The van der Waals surface area contributed by atoms with E-state index in [0.717, 1.165) is 31.8 Å². The molecule has 76 valence electrons. The van der Waals surface area contributed by atoms with E-state index in [1.165, 1.54) is 12.8 Å². The van der Waals surface area contributed by atoms with Crippen LogP contribution in [0.5, 0.6) is 0 Å². The van der Waals surface area contributed by atoms with E-state index in [1.54, 1.807) is 0 Å². The van der Waals surface area contributed by atoms with Crippen molar-refractivity contribution in [2.75, 3.05) is 6.61 Å². The highest BCUT2D eigenvalue weighted by atomic mass is 16.7. The van der Waals surface area contributed by atoms with E-state index in [4.69, 9.17) is 9.47 Å². The average Bonchev–Trinajstić information content (AvgIpc) is 2.11. The Morgan fingerprint density at radius 1 is 1.08 bits per heavy atom. The maximum absolute atomic E-state index is 5.94. The molecule has 0 bridgehead atoms. The maximum atomic E-state index is 5.94. The van der Waals surface area contributed by atoms with Crippen LogP contribution in [0, 0.1) is 5.92 Å². The summed E-state index contributed by atoms with van der Waals surface area (Å²) in [7, 11) is 0. The van der Waals surface area contributed by atoms with Gasteiger partial charge in [-0.25, -0.2) is 0 Å². The second-order valence-electron chi connectivity index (χ2n) is 4.66. The fourth-order valence-corrected chi connectivity index (χ4v) is 2.33. The van der Waals surface area contributed by atoms with Crippen LogP contribution < -0.4 is 0 Å². The van der Waals surface area contributed by atoms with Gasteiger partial charge in [-0.05, 0) is 32.1 Å². The SMILES string of the molecule is CC1CCC2(CC1)OCC[C@H](C)O2. The first kappa shape index (κ1) is 9.47. The van der Waals surface area contributed by atoms with Crippen molar-refractivity contribution < 1.29 is 9.47 Å². The van der Waals surface area contributed by atoms with Gasteiger partial charge in [0.15, 0.2) is 5.79 Å². The van der Waals surface area contributed by atoms with Crippen LogP contribution in [0.2, 0.25) is 0 Å². The summed E-state index contributed by atoms with van der Waals surface area (Å²) in [5.41, 5.74) is 0. The van der Waals surface area contributed by atoms with E-state index in [2.05, 4.69) is 13.8 Å². The van der Waals surface area contributed by atoms with Crippen molar-refractivity contribution in [1.29, 1.82) is 0 Å². The Balaban J connectivity index is 1.95. The molecule has 2 nitrogen and oxygen atoms in total. The molecule has 0 unspecified atom stereocenters. The normalized spacial score (nSPS) is 46.6. The molecule has 0 aromatic rings. The lowest BCUT2D eigenvalue weighted by molar-refractivity contribution is -0.304. The van der Waals surface area contributed by atoms with Crippen LogP contribution in [0.3, 0.4) is 0 Å². The van der Waals surface area contributed by atoms with Crippen molar-refractivity contribution in [3.8, 4) is 0 Å². The number of ether oxygens (including phenoxy) is 2. The Labute approximate surface area is 80.6 Å². The zero-order chi connectivity index (χ0) is 9.31. The van der Waals surface area contributed by atoms with Gasteiger partial charge in [0.25, 0.3) is 0 Å². The van der Waals surface area contributed by atoms with E-state index >= 15 is 0 Å². The molecule has 0 radical (unpaired) electrons. The van der Waals surface area contributed by atoms with Crippen molar-refractivity contribution in [3.05, 3.63) is 0 Å². The molecule has 13 heavy (non-hydrogen) atoms. The fraction of sp³-hybridized carbons (Fsp3) is 1.00. The first-order valence-electron chi connectivity index (χ1n) is 5.52. The van der Waals surface area contributed by atoms with Crippen molar-refractivity contribution >= 4 is 0 Å². The van der Waals surface area contributed by atoms with E-state index in [9.17, 15) is 0 Å². The Bertz CT molecular complexity index is 171. The third-order valence-electron chi connectivity index (χ3n) is 3.34. The molecule has 2 rings (SSSR count). The number of hydrogen-bond acceptors (Lipinski definition) is 2. The van der Waals surface area contributed by atoms with Gasteiger partial charge in [0.1, 0.15) is 0 Å². The topological polar surface area (TPSA) is 18.5 Å². The molecule has 1 aliphatic heterocycles. The Kier molecular flexibility index (Phi) is 2.61.